The summed E-state index contributed by atoms with van der Waals surface area (Å²) in [5.74, 6) is 0.229. The van der Waals surface area contributed by atoms with Crippen LogP contribution in [0.15, 0.2) is 17.3 Å². The van der Waals surface area contributed by atoms with E-state index in [1.807, 2.05) is 0 Å². The molecule has 0 radical (unpaired) electrons. The molecule has 5 nitrogen and oxygen atoms in total. The van der Waals surface area contributed by atoms with Crippen LogP contribution in [0.1, 0.15) is 5.56 Å². The minimum Gasteiger partial charge on any atom is -0.397 e. The lowest BCUT2D eigenvalue weighted by atomic mass is 9.93. The molecule has 7 heteroatoms. The molecular weight excluding hydrogens is 247 g/mol. The molecule has 0 saturated heterocycles. The lowest BCUT2D eigenvalue weighted by Crippen LogP contribution is -2.41. The van der Waals surface area contributed by atoms with Crippen molar-refractivity contribution in [3.63, 3.8) is 0 Å². The summed E-state index contributed by atoms with van der Waals surface area (Å²) >= 11 is 5.95. The minimum atomic E-state index is -1.23. The average Bonchev–Trinajstić information content (AvgIpc) is 2.32. The smallest absolute Gasteiger partial charge is 0.142 e. The Labute approximate surface area is 103 Å². The van der Waals surface area contributed by atoms with Crippen molar-refractivity contribution in [3.05, 3.63) is 23.0 Å². The van der Waals surface area contributed by atoms with Crippen LogP contribution in [-0.2, 0) is 10.3 Å². The predicted molar refractivity (Wildman–Crippen MR) is 63.8 cm³/mol. The second kappa shape index (κ2) is 4.46. The molecule has 17 heavy (non-hydrogen) atoms. The Morgan fingerprint density at radius 3 is 2.94 bits per heavy atom. The number of rotatable bonds is 2. The summed E-state index contributed by atoms with van der Waals surface area (Å²) < 4.78 is 18.5. The van der Waals surface area contributed by atoms with Crippen LogP contribution in [0.4, 0.5) is 10.1 Å². The van der Waals surface area contributed by atoms with Crippen molar-refractivity contribution in [2.75, 3.05) is 25.6 Å². The molecule has 1 aliphatic rings. The van der Waals surface area contributed by atoms with E-state index in [0.717, 1.165) is 0 Å². The van der Waals surface area contributed by atoms with Gasteiger partial charge in [0.25, 0.3) is 0 Å². The topological polar surface area (TPSA) is 86.5 Å². The quantitative estimate of drug-likeness (QED) is 0.771. The van der Waals surface area contributed by atoms with Gasteiger partial charge in [0, 0.05) is 5.56 Å². The number of hydrogen-bond acceptors (Lipinski definition) is 5. The lowest BCUT2D eigenvalue weighted by molar-refractivity contribution is 0.0826. The maximum absolute atomic E-state index is 13.3. The number of ether oxygens (including phenoxy) is 1. The number of aromatic nitrogens is 1. The van der Waals surface area contributed by atoms with Crippen LogP contribution in [0.2, 0.25) is 5.15 Å². The fourth-order valence-corrected chi connectivity index (χ4v) is 2.01. The first kappa shape index (κ1) is 12.1. The van der Waals surface area contributed by atoms with E-state index in [1.54, 1.807) is 6.07 Å². The second-order valence-electron chi connectivity index (χ2n) is 3.87. The molecule has 0 spiro atoms. The first-order valence-electron chi connectivity index (χ1n) is 4.97. The molecule has 1 aromatic rings. The predicted octanol–water partition coefficient (Wildman–Crippen LogP) is 0.869. The van der Waals surface area contributed by atoms with Gasteiger partial charge in [0.1, 0.15) is 29.8 Å². The Hall–Kier alpha value is -1.40. The van der Waals surface area contributed by atoms with Crippen LogP contribution in [0.5, 0.6) is 0 Å². The Balaban J connectivity index is 2.54. The number of halogens is 2. The highest BCUT2D eigenvalue weighted by atomic mass is 35.5. The van der Waals surface area contributed by atoms with Crippen molar-refractivity contribution < 1.29 is 9.13 Å². The molecule has 1 unspecified atom stereocenters. The van der Waals surface area contributed by atoms with Crippen LogP contribution in [-0.4, -0.2) is 30.7 Å². The molecule has 0 fully saturated rings. The SMILES string of the molecule is NC1=NC(CF)(c2cc(N)cnc2Cl)COC1. The molecule has 0 amide bonds. The summed E-state index contributed by atoms with van der Waals surface area (Å²) in [6.45, 7) is -0.525. The third-order valence-electron chi connectivity index (χ3n) is 2.53. The Kier molecular flexibility index (Phi) is 3.17. The van der Waals surface area contributed by atoms with Crippen molar-refractivity contribution in [2.45, 2.75) is 5.54 Å². The molecule has 0 saturated carbocycles. The standard InChI is InChI=1S/C10H12ClFN4O/c11-9-7(1-6(13)2-15-9)10(4-12)5-17-3-8(14)16-10/h1-2H,3-5,13H2,(H2,14,16). The molecule has 4 N–H and O–H groups in total. The summed E-state index contributed by atoms with van der Waals surface area (Å²) in [7, 11) is 0. The van der Waals surface area contributed by atoms with Crippen LogP contribution in [0.25, 0.3) is 0 Å². The van der Waals surface area contributed by atoms with E-state index in [4.69, 9.17) is 27.8 Å². The summed E-state index contributed by atoms with van der Waals surface area (Å²) in [5, 5.41) is 0.152. The zero-order valence-electron chi connectivity index (χ0n) is 8.99. The second-order valence-corrected chi connectivity index (χ2v) is 4.23. The van der Waals surface area contributed by atoms with E-state index >= 15 is 0 Å². The molecule has 1 aliphatic heterocycles. The molecule has 0 aliphatic carbocycles. The summed E-state index contributed by atoms with van der Waals surface area (Å²) in [6.07, 6.45) is 1.40. The van der Waals surface area contributed by atoms with Crippen molar-refractivity contribution in [1.29, 1.82) is 0 Å². The fraction of sp³-hybridized carbons (Fsp3) is 0.400. The van der Waals surface area contributed by atoms with Gasteiger partial charge < -0.3 is 16.2 Å². The van der Waals surface area contributed by atoms with E-state index in [9.17, 15) is 4.39 Å². The normalized spacial score (nSPS) is 24.5. The molecule has 2 heterocycles. The molecule has 0 bridgehead atoms. The monoisotopic (exact) mass is 258 g/mol. The average molecular weight is 259 g/mol. The van der Waals surface area contributed by atoms with Gasteiger partial charge in [0.2, 0.25) is 0 Å². The minimum absolute atomic E-state index is 0.0645. The zero-order valence-corrected chi connectivity index (χ0v) is 9.75. The van der Waals surface area contributed by atoms with Gasteiger partial charge in [-0.05, 0) is 6.07 Å². The maximum atomic E-state index is 13.3. The Bertz CT molecular complexity index is 468. The van der Waals surface area contributed by atoms with Crippen molar-refractivity contribution in [2.24, 2.45) is 10.7 Å². The van der Waals surface area contributed by atoms with Crippen molar-refractivity contribution in [3.8, 4) is 0 Å². The van der Waals surface area contributed by atoms with Crippen LogP contribution >= 0.6 is 11.6 Å². The number of amidine groups is 1. The largest absolute Gasteiger partial charge is 0.397 e. The van der Waals surface area contributed by atoms with Crippen molar-refractivity contribution >= 4 is 23.1 Å². The third kappa shape index (κ3) is 2.18. The number of nitrogens with zero attached hydrogens (tertiary/aromatic N) is 2. The van der Waals surface area contributed by atoms with E-state index in [1.165, 1.54) is 6.20 Å². The first-order chi connectivity index (χ1) is 8.07. The third-order valence-corrected chi connectivity index (χ3v) is 2.83. The summed E-state index contributed by atoms with van der Waals surface area (Å²) in [5.41, 5.74) is 10.7. The molecular formula is C10H12ClFN4O. The van der Waals surface area contributed by atoms with Gasteiger partial charge >= 0.3 is 0 Å². The van der Waals surface area contributed by atoms with Gasteiger partial charge in [-0.2, -0.15) is 0 Å². The Morgan fingerprint density at radius 1 is 1.53 bits per heavy atom. The van der Waals surface area contributed by atoms with Crippen LogP contribution in [0, 0.1) is 0 Å². The number of alkyl halides is 1. The van der Waals surface area contributed by atoms with Crippen molar-refractivity contribution in [1.82, 2.24) is 4.98 Å². The van der Waals surface area contributed by atoms with Gasteiger partial charge in [-0.15, -0.1) is 0 Å². The highest BCUT2D eigenvalue weighted by Gasteiger charge is 2.38. The van der Waals surface area contributed by atoms with Gasteiger partial charge in [-0.3, -0.25) is 4.99 Å². The zero-order chi connectivity index (χ0) is 12.5. The lowest BCUT2D eigenvalue weighted by Gasteiger charge is -2.31. The van der Waals surface area contributed by atoms with Gasteiger partial charge in [-0.25, -0.2) is 9.37 Å². The van der Waals surface area contributed by atoms with Crippen LogP contribution < -0.4 is 11.5 Å². The molecule has 2 rings (SSSR count). The van der Waals surface area contributed by atoms with Gasteiger partial charge in [-0.1, -0.05) is 11.6 Å². The fourth-order valence-electron chi connectivity index (χ4n) is 1.73. The van der Waals surface area contributed by atoms with Gasteiger partial charge in [0.15, 0.2) is 0 Å². The van der Waals surface area contributed by atoms with E-state index in [0.29, 0.717) is 11.3 Å². The molecule has 0 aromatic carbocycles. The number of hydrogen-bond donors (Lipinski definition) is 2. The van der Waals surface area contributed by atoms with Crippen LogP contribution in [0.3, 0.4) is 0 Å². The number of nitrogen functional groups attached to an aromatic ring is 1. The van der Waals surface area contributed by atoms with E-state index in [-0.39, 0.29) is 24.2 Å². The molecule has 92 valence electrons. The summed E-state index contributed by atoms with van der Waals surface area (Å²) in [6, 6.07) is 1.54. The van der Waals surface area contributed by atoms with E-state index < -0.39 is 12.2 Å². The highest BCUT2D eigenvalue weighted by molar-refractivity contribution is 6.30. The molecule has 1 atom stereocenters. The van der Waals surface area contributed by atoms with Gasteiger partial charge in [0.05, 0.1) is 18.5 Å². The first-order valence-corrected chi connectivity index (χ1v) is 5.34. The van der Waals surface area contributed by atoms with E-state index in [2.05, 4.69) is 9.98 Å². The Morgan fingerprint density at radius 2 is 2.29 bits per heavy atom. The summed E-state index contributed by atoms with van der Waals surface area (Å²) in [4.78, 5) is 8.00. The number of anilines is 1. The maximum Gasteiger partial charge on any atom is 0.142 e. The molecule has 1 aromatic heterocycles. The number of pyridine rings is 1. The number of nitrogens with two attached hydrogens (primary N) is 2. The highest BCUT2D eigenvalue weighted by Crippen LogP contribution is 2.34. The number of aliphatic imine (C=N–C) groups is 1.